The average Bonchev–Trinajstić information content (AvgIpc) is 2.92. The largest absolute Gasteiger partial charge is 0.354 e. The summed E-state index contributed by atoms with van der Waals surface area (Å²) in [5.41, 5.74) is 0. The van der Waals surface area contributed by atoms with E-state index in [1.165, 1.54) is 32.1 Å². The maximum atomic E-state index is 4.27. The Kier molecular flexibility index (Phi) is 7.86. The Morgan fingerprint density at radius 3 is 2.80 bits per heavy atom. The summed E-state index contributed by atoms with van der Waals surface area (Å²) in [6, 6.07) is 0.559. The molecule has 2 N–H and O–H groups in total. The molecular weight excluding hydrogens is 367 g/mol. The van der Waals surface area contributed by atoms with Crippen molar-refractivity contribution in [1.82, 2.24) is 25.4 Å². The lowest BCUT2D eigenvalue weighted by atomic mass is 9.96. The molecule has 0 radical (unpaired) electrons. The molecule has 0 spiro atoms. The van der Waals surface area contributed by atoms with Crippen LogP contribution in [0.15, 0.2) is 11.3 Å². The fourth-order valence-electron chi connectivity index (χ4n) is 2.48. The zero-order valence-corrected chi connectivity index (χ0v) is 14.6. The Hall–Kier alpha value is -0.860. The number of aliphatic imine (C=N–C) groups is 1. The Morgan fingerprint density at radius 2 is 2.15 bits per heavy atom. The predicted octanol–water partition coefficient (Wildman–Crippen LogP) is 1.91. The normalized spacial score (nSPS) is 16.6. The number of rotatable bonds is 4. The van der Waals surface area contributed by atoms with Crippen LogP contribution in [-0.2, 0) is 13.1 Å². The molecule has 0 atom stereocenters. The fraction of sp³-hybridized carbons (Fsp3) is 0.769. The van der Waals surface area contributed by atoms with Crippen LogP contribution in [0.1, 0.15) is 44.9 Å². The van der Waals surface area contributed by atoms with E-state index in [4.69, 9.17) is 0 Å². The Labute approximate surface area is 137 Å². The highest BCUT2D eigenvalue weighted by atomic mass is 127. The van der Waals surface area contributed by atoms with Gasteiger partial charge in [0.15, 0.2) is 11.8 Å². The smallest absolute Gasteiger partial charge is 0.191 e. The molecule has 0 aromatic carbocycles. The molecule has 0 amide bonds. The molecule has 1 aliphatic rings. The molecule has 1 heterocycles. The SMILES string of the molecule is CCn1cnnc1CNC(=NC)NC1CCCCC1.I. The van der Waals surface area contributed by atoms with Crippen LogP contribution in [0.25, 0.3) is 0 Å². The number of aromatic nitrogens is 3. The standard InChI is InChI=1S/C13H24N6.HI/c1-3-19-10-16-18-12(19)9-15-13(14-2)17-11-7-5-4-6-8-11;/h10-11H,3-9H2,1-2H3,(H2,14,15,17);1H. The van der Waals surface area contributed by atoms with Gasteiger partial charge in [0.2, 0.25) is 0 Å². The molecule has 114 valence electrons. The molecule has 0 aliphatic heterocycles. The molecular formula is C13H25IN6. The highest BCUT2D eigenvalue weighted by Gasteiger charge is 2.14. The highest BCUT2D eigenvalue weighted by Crippen LogP contribution is 2.17. The summed E-state index contributed by atoms with van der Waals surface area (Å²) in [6.07, 6.45) is 8.24. The van der Waals surface area contributed by atoms with Crippen LogP contribution in [0.3, 0.4) is 0 Å². The van der Waals surface area contributed by atoms with Gasteiger partial charge in [0.05, 0.1) is 6.54 Å². The van der Waals surface area contributed by atoms with E-state index in [-0.39, 0.29) is 24.0 Å². The van der Waals surface area contributed by atoms with Crippen LogP contribution in [-0.4, -0.2) is 33.8 Å². The van der Waals surface area contributed by atoms with Crippen LogP contribution < -0.4 is 10.6 Å². The highest BCUT2D eigenvalue weighted by molar-refractivity contribution is 14.0. The molecule has 0 saturated heterocycles. The number of nitrogens with zero attached hydrogens (tertiary/aromatic N) is 4. The van der Waals surface area contributed by atoms with Gasteiger partial charge in [0.1, 0.15) is 6.33 Å². The predicted molar refractivity (Wildman–Crippen MR) is 91.3 cm³/mol. The van der Waals surface area contributed by atoms with Crippen LogP contribution in [0.5, 0.6) is 0 Å². The Morgan fingerprint density at radius 1 is 1.40 bits per heavy atom. The van der Waals surface area contributed by atoms with E-state index in [0.717, 1.165) is 18.3 Å². The second-order valence-corrected chi connectivity index (χ2v) is 4.94. The lowest BCUT2D eigenvalue weighted by Gasteiger charge is -2.24. The third-order valence-electron chi connectivity index (χ3n) is 3.62. The number of guanidine groups is 1. The first-order valence-electron chi connectivity index (χ1n) is 7.17. The first-order chi connectivity index (χ1) is 9.33. The first-order valence-corrected chi connectivity index (χ1v) is 7.17. The van der Waals surface area contributed by atoms with Crippen molar-refractivity contribution in [2.24, 2.45) is 4.99 Å². The van der Waals surface area contributed by atoms with Crippen molar-refractivity contribution >= 4 is 29.9 Å². The van der Waals surface area contributed by atoms with Gasteiger partial charge in [0, 0.05) is 19.6 Å². The van der Waals surface area contributed by atoms with Crippen molar-refractivity contribution in [2.75, 3.05) is 7.05 Å². The van der Waals surface area contributed by atoms with Gasteiger partial charge in [-0.3, -0.25) is 4.99 Å². The van der Waals surface area contributed by atoms with E-state index in [1.807, 2.05) is 11.6 Å². The van der Waals surface area contributed by atoms with Crippen molar-refractivity contribution in [3.8, 4) is 0 Å². The molecule has 1 aromatic rings. The molecule has 6 nitrogen and oxygen atoms in total. The van der Waals surface area contributed by atoms with Gasteiger partial charge >= 0.3 is 0 Å². The minimum absolute atomic E-state index is 0. The minimum atomic E-state index is 0. The van der Waals surface area contributed by atoms with E-state index in [2.05, 4.69) is 32.7 Å². The summed E-state index contributed by atoms with van der Waals surface area (Å²) in [5, 5.41) is 14.8. The van der Waals surface area contributed by atoms with Crippen molar-refractivity contribution in [1.29, 1.82) is 0 Å². The van der Waals surface area contributed by atoms with Gasteiger partial charge in [-0.25, -0.2) is 0 Å². The lowest BCUT2D eigenvalue weighted by molar-refractivity contribution is 0.409. The Bertz CT molecular complexity index is 411. The third-order valence-corrected chi connectivity index (χ3v) is 3.62. The molecule has 2 rings (SSSR count). The Balaban J connectivity index is 0.00000200. The molecule has 0 bridgehead atoms. The fourth-order valence-corrected chi connectivity index (χ4v) is 2.48. The van der Waals surface area contributed by atoms with Gasteiger partial charge in [0.25, 0.3) is 0 Å². The monoisotopic (exact) mass is 392 g/mol. The summed E-state index contributed by atoms with van der Waals surface area (Å²) in [5.74, 6) is 1.80. The zero-order valence-electron chi connectivity index (χ0n) is 12.3. The van der Waals surface area contributed by atoms with Gasteiger partial charge in [-0.2, -0.15) is 0 Å². The molecule has 1 fully saturated rings. The van der Waals surface area contributed by atoms with Crippen molar-refractivity contribution in [3.05, 3.63) is 12.2 Å². The van der Waals surface area contributed by atoms with Gasteiger partial charge < -0.3 is 15.2 Å². The molecule has 7 heteroatoms. The quantitative estimate of drug-likeness (QED) is 0.467. The molecule has 20 heavy (non-hydrogen) atoms. The van der Waals surface area contributed by atoms with Gasteiger partial charge in [-0.15, -0.1) is 34.2 Å². The van der Waals surface area contributed by atoms with E-state index >= 15 is 0 Å². The third kappa shape index (κ3) is 4.92. The summed E-state index contributed by atoms with van der Waals surface area (Å²) in [6.45, 7) is 3.63. The van der Waals surface area contributed by atoms with Crippen molar-refractivity contribution in [2.45, 2.75) is 58.2 Å². The summed E-state index contributed by atoms with van der Waals surface area (Å²) in [7, 11) is 1.81. The lowest BCUT2D eigenvalue weighted by Crippen LogP contribution is -2.44. The first kappa shape index (κ1) is 17.2. The second kappa shape index (κ2) is 9.15. The van der Waals surface area contributed by atoms with E-state index in [0.29, 0.717) is 12.6 Å². The van der Waals surface area contributed by atoms with E-state index < -0.39 is 0 Å². The number of halogens is 1. The molecule has 0 unspecified atom stereocenters. The topological polar surface area (TPSA) is 67.1 Å². The summed E-state index contributed by atoms with van der Waals surface area (Å²) < 4.78 is 2.03. The maximum Gasteiger partial charge on any atom is 0.191 e. The van der Waals surface area contributed by atoms with E-state index in [9.17, 15) is 0 Å². The maximum absolute atomic E-state index is 4.27. The molecule has 1 aliphatic carbocycles. The number of nitrogens with one attached hydrogen (secondary N) is 2. The van der Waals surface area contributed by atoms with Crippen LogP contribution >= 0.6 is 24.0 Å². The van der Waals surface area contributed by atoms with Crippen LogP contribution in [0.2, 0.25) is 0 Å². The van der Waals surface area contributed by atoms with Crippen LogP contribution in [0.4, 0.5) is 0 Å². The average molecular weight is 392 g/mol. The number of hydrogen-bond acceptors (Lipinski definition) is 3. The second-order valence-electron chi connectivity index (χ2n) is 4.94. The number of hydrogen-bond donors (Lipinski definition) is 2. The zero-order chi connectivity index (χ0) is 13.5. The molecule has 1 aromatic heterocycles. The van der Waals surface area contributed by atoms with Crippen molar-refractivity contribution in [3.63, 3.8) is 0 Å². The summed E-state index contributed by atoms with van der Waals surface area (Å²) >= 11 is 0. The van der Waals surface area contributed by atoms with Gasteiger partial charge in [-0.1, -0.05) is 19.3 Å². The van der Waals surface area contributed by atoms with E-state index in [1.54, 1.807) is 6.33 Å². The van der Waals surface area contributed by atoms with Crippen molar-refractivity contribution < 1.29 is 0 Å². The molecule has 1 saturated carbocycles. The van der Waals surface area contributed by atoms with Gasteiger partial charge in [-0.05, 0) is 19.8 Å². The minimum Gasteiger partial charge on any atom is -0.354 e. The summed E-state index contributed by atoms with van der Waals surface area (Å²) in [4.78, 5) is 4.27. The van der Waals surface area contributed by atoms with Crippen LogP contribution in [0, 0.1) is 0 Å². The number of aryl methyl sites for hydroxylation is 1.